The molecule has 7 heteroatoms. The second-order valence-electron chi connectivity index (χ2n) is 5.68. The number of benzene rings is 2. The zero-order chi connectivity index (χ0) is 18.3. The molecule has 2 aromatic heterocycles. The van der Waals surface area contributed by atoms with Crippen LogP contribution in [0.5, 0.6) is 5.75 Å². The van der Waals surface area contributed by atoms with E-state index in [1.165, 1.54) is 20.4 Å². The van der Waals surface area contributed by atoms with Gasteiger partial charge in [0.2, 0.25) is 0 Å². The van der Waals surface area contributed by atoms with Crippen molar-refractivity contribution in [2.45, 2.75) is 0 Å². The van der Waals surface area contributed by atoms with Gasteiger partial charge in [-0.05, 0) is 6.07 Å². The summed E-state index contributed by atoms with van der Waals surface area (Å²) in [6, 6.07) is 12.8. The Bertz CT molecular complexity index is 1190. The molecule has 0 fully saturated rings. The summed E-state index contributed by atoms with van der Waals surface area (Å²) < 4.78 is 11.9. The number of imidazole rings is 1. The quantitative estimate of drug-likeness (QED) is 0.575. The molecule has 130 valence electrons. The van der Waals surface area contributed by atoms with Crippen LogP contribution in [0.4, 0.5) is 0 Å². The maximum absolute atomic E-state index is 12.5. The molecule has 0 saturated heterocycles. The third kappa shape index (κ3) is 2.33. The van der Waals surface area contributed by atoms with E-state index in [0.717, 1.165) is 5.56 Å². The monoisotopic (exact) mass is 349 g/mol. The second kappa shape index (κ2) is 6.03. The predicted molar refractivity (Wildman–Crippen MR) is 96.6 cm³/mol. The van der Waals surface area contributed by atoms with Gasteiger partial charge in [0.05, 0.1) is 31.4 Å². The van der Waals surface area contributed by atoms with Gasteiger partial charge in [-0.1, -0.05) is 30.3 Å². The van der Waals surface area contributed by atoms with Crippen molar-refractivity contribution in [1.82, 2.24) is 14.4 Å². The minimum absolute atomic E-state index is 0.235. The Balaban J connectivity index is 2.13. The summed E-state index contributed by atoms with van der Waals surface area (Å²) in [5.74, 6) is 0.439. The van der Waals surface area contributed by atoms with Crippen molar-refractivity contribution in [3.05, 3.63) is 64.6 Å². The van der Waals surface area contributed by atoms with Gasteiger partial charge in [-0.2, -0.15) is 0 Å². The number of H-pyrrole nitrogens is 1. The molecule has 4 rings (SSSR count). The van der Waals surface area contributed by atoms with Gasteiger partial charge in [0.15, 0.2) is 0 Å². The van der Waals surface area contributed by atoms with Crippen LogP contribution in [-0.2, 0) is 4.74 Å². The summed E-state index contributed by atoms with van der Waals surface area (Å²) in [5.41, 5.74) is 2.37. The number of aromatic amines is 1. The number of carbonyl (C=O) groups is 1. The summed E-state index contributed by atoms with van der Waals surface area (Å²) >= 11 is 0. The average molecular weight is 349 g/mol. The molecule has 26 heavy (non-hydrogen) atoms. The number of rotatable bonds is 3. The van der Waals surface area contributed by atoms with Crippen molar-refractivity contribution in [2.24, 2.45) is 0 Å². The molecule has 0 aliphatic heterocycles. The first-order chi connectivity index (χ1) is 12.6. The van der Waals surface area contributed by atoms with Crippen LogP contribution in [0.15, 0.2) is 53.5 Å². The van der Waals surface area contributed by atoms with E-state index >= 15 is 0 Å². The molecule has 0 amide bonds. The maximum atomic E-state index is 12.5. The number of nitrogens with zero attached hydrogens (tertiary/aromatic N) is 2. The summed E-state index contributed by atoms with van der Waals surface area (Å²) in [6.07, 6.45) is 1.53. The van der Waals surface area contributed by atoms with E-state index in [2.05, 4.69) is 9.97 Å². The molecule has 0 aliphatic carbocycles. The van der Waals surface area contributed by atoms with E-state index in [0.29, 0.717) is 28.1 Å². The fourth-order valence-corrected chi connectivity index (χ4v) is 3.03. The number of hydrogen-bond acceptors (Lipinski definition) is 5. The SMILES string of the molecule is COC(=O)c1cc2[nH]c(=O)c3cnc(-c4ccccc4)n3c2cc1OC. The van der Waals surface area contributed by atoms with E-state index in [4.69, 9.17) is 9.47 Å². The Morgan fingerprint density at radius 3 is 2.58 bits per heavy atom. The van der Waals surface area contributed by atoms with E-state index in [-0.39, 0.29) is 11.1 Å². The molecule has 2 heterocycles. The molecule has 0 bridgehead atoms. The minimum Gasteiger partial charge on any atom is -0.496 e. The highest BCUT2D eigenvalue weighted by Crippen LogP contribution is 2.28. The lowest BCUT2D eigenvalue weighted by Gasteiger charge is -2.11. The Hall–Kier alpha value is -3.61. The smallest absolute Gasteiger partial charge is 0.341 e. The maximum Gasteiger partial charge on any atom is 0.341 e. The zero-order valence-electron chi connectivity index (χ0n) is 14.1. The molecule has 4 aromatic rings. The molecular weight excluding hydrogens is 334 g/mol. The Kier molecular flexibility index (Phi) is 3.69. The lowest BCUT2D eigenvalue weighted by molar-refractivity contribution is 0.0597. The van der Waals surface area contributed by atoms with Crippen molar-refractivity contribution in [3.63, 3.8) is 0 Å². The van der Waals surface area contributed by atoms with Crippen LogP contribution in [0, 0.1) is 0 Å². The number of esters is 1. The van der Waals surface area contributed by atoms with Crippen LogP contribution >= 0.6 is 0 Å². The summed E-state index contributed by atoms with van der Waals surface area (Å²) in [7, 11) is 2.77. The molecule has 0 radical (unpaired) electrons. The van der Waals surface area contributed by atoms with Crippen LogP contribution in [0.25, 0.3) is 27.9 Å². The van der Waals surface area contributed by atoms with E-state index in [1.54, 1.807) is 16.5 Å². The van der Waals surface area contributed by atoms with Gasteiger partial charge in [-0.3, -0.25) is 9.20 Å². The van der Waals surface area contributed by atoms with Crippen LogP contribution < -0.4 is 10.3 Å². The number of ether oxygens (including phenoxy) is 2. The first kappa shape index (κ1) is 15.9. The third-order valence-corrected chi connectivity index (χ3v) is 4.24. The van der Waals surface area contributed by atoms with Gasteiger partial charge in [0.25, 0.3) is 5.56 Å². The lowest BCUT2D eigenvalue weighted by Crippen LogP contribution is -2.12. The molecule has 7 nitrogen and oxygen atoms in total. The van der Waals surface area contributed by atoms with Crippen molar-refractivity contribution in [2.75, 3.05) is 14.2 Å². The molecule has 0 spiro atoms. The van der Waals surface area contributed by atoms with E-state index < -0.39 is 5.97 Å². The predicted octanol–water partition coefficient (Wildman–Crippen LogP) is 2.64. The fraction of sp³-hybridized carbons (Fsp3) is 0.105. The first-order valence-corrected chi connectivity index (χ1v) is 7.89. The molecule has 1 N–H and O–H groups in total. The number of nitrogens with one attached hydrogen (secondary N) is 1. The van der Waals surface area contributed by atoms with E-state index in [9.17, 15) is 9.59 Å². The highest BCUT2D eigenvalue weighted by molar-refractivity contribution is 5.97. The highest BCUT2D eigenvalue weighted by atomic mass is 16.5. The third-order valence-electron chi connectivity index (χ3n) is 4.24. The Morgan fingerprint density at radius 2 is 1.88 bits per heavy atom. The number of methoxy groups -OCH3 is 2. The largest absolute Gasteiger partial charge is 0.496 e. The van der Waals surface area contributed by atoms with Crippen molar-refractivity contribution in [1.29, 1.82) is 0 Å². The van der Waals surface area contributed by atoms with Gasteiger partial charge in [0.1, 0.15) is 22.7 Å². The average Bonchev–Trinajstić information content (AvgIpc) is 3.13. The first-order valence-electron chi connectivity index (χ1n) is 7.89. The van der Waals surface area contributed by atoms with Crippen molar-refractivity contribution < 1.29 is 14.3 Å². The van der Waals surface area contributed by atoms with Crippen molar-refractivity contribution in [3.8, 4) is 17.1 Å². The van der Waals surface area contributed by atoms with Crippen LogP contribution in [0.2, 0.25) is 0 Å². The fourth-order valence-electron chi connectivity index (χ4n) is 3.03. The van der Waals surface area contributed by atoms with Gasteiger partial charge in [-0.15, -0.1) is 0 Å². The standard InChI is InChI=1S/C19H15N3O4/c1-25-16-9-14-13(8-12(16)19(24)26-2)21-18(23)15-10-20-17(22(14)15)11-6-4-3-5-7-11/h3-10H,1-2H3,(H,21,23). The van der Waals surface area contributed by atoms with Gasteiger partial charge in [0, 0.05) is 11.6 Å². The number of hydrogen-bond donors (Lipinski definition) is 1. The summed E-state index contributed by atoms with van der Waals surface area (Å²) in [4.78, 5) is 31.7. The van der Waals surface area contributed by atoms with Gasteiger partial charge in [-0.25, -0.2) is 9.78 Å². The van der Waals surface area contributed by atoms with E-state index in [1.807, 2.05) is 30.3 Å². The second-order valence-corrected chi connectivity index (χ2v) is 5.68. The number of fused-ring (bicyclic) bond motifs is 3. The molecule has 0 saturated carbocycles. The van der Waals surface area contributed by atoms with Gasteiger partial charge < -0.3 is 14.5 Å². The molecule has 0 unspecified atom stereocenters. The molecule has 2 aromatic carbocycles. The minimum atomic E-state index is -0.543. The van der Waals surface area contributed by atoms with Crippen LogP contribution in [0.1, 0.15) is 10.4 Å². The summed E-state index contributed by atoms with van der Waals surface area (Å²) in [5, 5.41) is 0. The normalized spacial score (nSPS) is 11.0. The van der Waals surface area contributed by atoms with Gasteiger partial charge >= 0.3 is 5.97 Å². The van der Waals surface area contributed by atoms with Crippen molar-refractivity contribution >= 4 is 22.5 Å². The zero-order valence-corrected chi connectivity index (χ0v) is 14.1. The highest BCUT2D eigenvalue weighted by Gasteiger charge is 2.18. The topological polar surface area (TPSA) is 85.7 Å². The summed E-state index contributed by atoms with van der Waals surface area (Å²) in [6.45, 7) is 0. The Morgan fingerprint density at radius 1 is 1.12 bits per heavy atom. The molecular formula is C19H15N3O4. The molecule has 0 aliphatic rings. The lowest BCUT2D eigenvalue weighted by atomic mass is 10.1. The number of aromatic nitrogens is 3. The Labute approximate surface area is 147 Å². The van der Waals surface area contributed by atoms with Crippen LogP contribution in [0.3, 0.4) is 0 Å². The number of carbonyl (C=O) groups excluding carboxylic acids is 1. The van der Waals surface area contributed by atoms with Crippen LogP contribution in [-0.4, -0.2) is 34.6 Å². The molecule has 0 atom stereocenters.